The van der Waals surface area contributed by atoms with Crippen LogP contribution >= 0.6 is 0 Å². The first-order valence-corrected chi connectivity index (χ1v) is 13.0. The lowest BCUT2D eigenvalue weighted by molar-refractivity contribution is -0.148. The van der Waals surface area contributed by atoms with Crippen LogP contribution < -0.4 is 16.0 Å². The first kappa shape index (κ1) is 29.9. The van der Waals surface area contributed by atoms with Gasteiger partial charge in [-0.2, -0.15) is 0 Å². The number of phenolic OH excluding ortho intramolecular Hbond substituents is 1. The SMILES string of the molecule is CN(C)c1cc(NC(=O)OC(C)(C)C)c(O)c2c1C[C@@H]1C[C@@H]3[C@H](N(C)C)C(O)=C(C(N)=O)C(=O)[C@@]3(O)C(O)=C1C2=O. The van der Waals surface area contributed by atoms with Gasteiger partial charge in [-0.25, -0.2) is 4.79 Å². The zero-order valence-corrected chi connectivity index (χ0v) is 24.0. The van der Waals surface area contributed by atoms with Gasteiger partial charge in [0.15, 0.2) is 17.1 Å². The second-order valence-electron chi connectivity index (χ2n) is 12.1. The molecule has 2 amide bonds. The number of phenols is 1. The predicted octanol–water partition coefficient (Wildman–Crippen LogP) is 1.53. The quantitative estimate of drug-likeness (QED) is 0.226. The van der Waals surface area contributed by atoms with Crippen LogP contribution in [0.25, 0.3) is 0 Å². The van der Waals surface area contributed by atoms with Gasteiger partial charge in [0, 0.05) is 31.3 Å². The zero-order valence-electron chi connectivity index (χ0n) is 24.0. The molecule has 1 aromatic rings. The monoisotopic (exact) mass is 572 g/mol. The van der Waals surface area contributed by atoms with E-state index in [0.29, 0.717) is 11.3 Å². The summed E-state index contributed by atoms with van der Waals surface area (Å²) in [6.07, 6.45) is -0.789. The predicted molar refractivity (Wildman–Crippen MR) is 148 cm³/mol. The summed E-state index contributed by atoms with van der Waals surface area (Å²) in [6, 6.07) is 0.419. The fourth-order valence-electron chi connectivity index (χ4n) is 6.21. The third-order valence-electron chi connectivity index (χ3n) is 7.82. The second kappa shape index (κ2) is 9.77. The molecule has 0 heterocycles. The van der Waals surface area contributed by atoms with Crippen molar-refractivity contribution < 1.29 is 44.3 Å². The molecule has 0 saturated heterocycles. The molecule has 222 valence electrons. The van der Waals surface area contributed by atoms with Gasteiger partial charge in [-0.1, -0.05) is 0 Å². The molecule has 4 rings (SSSR count). The average Bonchev–Trinajstić information content (AvgIpc) is 2.81. The number of carbonyl (C=O) groups excluding carboxylic acids is 4. The molecule has 13 heteroatoms. The molecule has 0 aliphatic heterocycles. The lowest BCUT2D eigenvalue weighted by Gasteiger charge is -2.50. The fraction of sp³-hybridized carbons (Fsp3) is 0.500. The third kappa shape index (κ3) is 4.58. The molecule has 0 spiro atoms. The maximum Gasteiger partial charge on any atom is 0.412 e. The Morgan fingerprint density at radius 3 is 2.24 bits per heavy atom. The second-order valence-corrected chi connectivity index (χ2v) is 12.1. The van der Waals surface area contributed by atoms with E-state index in [2.05, 4.69) is 5.32 Å². The number of ether oxygens (including phenoxy) is 1. The number of amides is 2. The van der Waals surface area contributed by atoms with Crippen molar-refractivity contribution in [1.82, 2.24) is 4.90 Å². The van der Waals surface area contributed by atoms with E-state index in [-0.39, 0.29) is 29.7 Å². The van der Waals surface area contributed by atoms with Crippen molar-refractivity contribution in [3.8, 4) is 5.75 Å². The maximum absolute atomic E-state index is 14.0. The summed E-state index contributed by atoms with van der Waals surface area (Å²) in [5.74, 6) is -7.49. The highest BCUT2D eigenvalue weighted by Crippen LogP contribution is 2.53. The van der Waals surface area contributed by atoms with Crippen molar-refractivity contribution in [2.75, 3.05) is 38.4 Å². The molecule has 0 fully saturated rings. The lowest BCUT2D eigenvalue weighted by atomic mass is 9.58. The number of aromatic hydroxyl groups is 1. The zero-order chi connectivity index (χ0) is 30.9. The molecule has 7 N–H and O–H groups in total. The number of nitrogens with two attached hydrogens (primary N) is 1. The molecular weight excluding hydrogens is 536 g/mol. The highest BCUT2D eigenvalue weighted by molar-refractivity contribution is 6.25. The molecule has 0 bridgehead atoms. The number of nitrogens with one attached hydrogen (secondary N) is 1. The van der Waals surface area contributed by atoms with Gasteiger partial charge < -0.3 is 35.8 Å². The van der Waals surface area contributed by atoms with Gasteiger partial charge in [-0.3, -0.25) is 24.6 Å². The van der Waals surface area contributed by atoms with E-state index in [0.717, 1.165) is 0 Å². The van der Waals surface area contributed by atoms with Crippen molar-refractivity contribution >= 4 is 34.9 Å². The first-order valence-electron chi connectivity index (χ1n) is 13.0. The largest absolute Gasteiger partial charge is 0.510 e. The molecule has 0 saturated carbocycles. The fourth-order valence-corrected chi connectivity index (χ4v) is 6.21. The van der Waals surface area contributed by atoms with E-state index in [1.54, 1.807) is 53.9 Å². The van der Waals surface area contributed by atoms with Gasteiger partial charge in [0.1, 0.15) is 22.7 Å². The number of rotatable bonds is 4. The average molecular weight is 573 g/mol. The number of primary amides is 1. The Morgan fingerprint density at radius 2 is 1.73 bits per heavy atom. The number of likely N-dealkylation sites (N-methyl/N-ethyl adjacent to an activating group) is 1. The molecule has 0 aromatic heterocycles. The number of hydrogen-bond donors (Lipinski definition) is 6. The van der Waals surface area contributed by atoms with Gasteiger partial charge in [0.2, 0.25) is 5.78 Å². The van der Waals surface area contributed by atoms with Crippen molar-refractivity contribution in [3.63, 3.8) is 0 Å². The first-order chi connectivity index (χ1) is 18.8. The number of ketones is 2. The van der Waals surface area contributed by atoms with E-state index < -0.39 is 75.5 Å². The topological polar surface area (TPSA) is 203 Å². The van der Waals surface area contributed by atoms with E-state index in [9.17, 15) is 39.6 Å². The van der Waals surface area contributed by atoms with E-state index in [1.807, 2.05) is 0 Å². The van der Waals surface area contributed by atoms with Gasteiger partial charge >= 0.3 is 6.09 Å². The highest BCUT2D eigenvalue weighted by Gasteiger charge is 2.63. The van der Waals surface area contributed by atoms with E-state index in [1.165, 1.54) is 11.0 Å². The van der Waals surface area contributed by atoms with Gasteiger partial charge in [0.25, 0.3) is 5.91 Å². The molecule has 3 aliphatic rings. The number of allylic oxidation sites excluding steroid dienone is 1. The summed E-state index contributed by atoms with van der Waals surface area (Å²) >= 11 is 0. The van der Waals surface area contributed by atoms with Crippen LogP contribution in [0.4, 0.5) is 16.2 Å². The maximum atomic E-state index is 14.0. The number of Topliss-reactive ketones (excluding diaryl/α,β-unsaturated/α-hetero) is 2. The van der Waals surface area contributed by atoms with Crippen LogP contribution in [0.5, 0.6) is 5.75 Å². The van der Waals surface area contributed by atoms with Crippen LogP contribution in [-0.4, -0.2) is 94.3 Å². The van der Waals surface area contributed by atoms with Crippen LogP contribution in [0.15, 0.2) is 28.7 Å². The number of aliphatic hydroxyl groups is 3. The molecular formula is C28H36N4O9. The Balaban J connectivity index is 1.92. The molecule has 3 aliphatic carbocycles. The molecule has 0 unspecified atom stereocenters. The number of fused-ring (bicyclic) bond motifs is 3. The summed E-state index contributed by atoms with van der Waals surface area (Å²) < 4.78 is 5.28. The van der Waals surface area contributed by atoms with Crippen LogP contribution in [-0.2, 0) is 20.7 Å². The Labute approximate surface area is 236 Å². The van der Waals surface area contributed by atoms with Gasteiger partial charge in [-0.05, 0) is 65.3 Å². The number of nitrogens with zero attached hydrogens (tertiary/aromatic N) is 2. The van der Waals surface area contributed by atoms with Crippen molar-refractivity contribution in [2.24, 2.45) is 17.6 Å². The molecule has 41 heavy (non-hydrogen) atoms. The summed E-state index contributed by atoms with van der Waals surface area (Å²) in [5, 5.41) is 47.7. The summed E-state index contributed by atoms with van der Waals surface area (Å²) in [7, 11) is 6.56. The minimum atomic E-state index is -2.74. The number of benzene rings is 1. The van der Waals surface area contributed by atoms with Crippen LogP contribution in [0, 0.1) is 11.8 Å². The normalized spacial score (nSPS) is 25.9. The van der Waals surface area contributed by atoms with Crippen molar-refractivity contribution in [1.29, 1.82) is 0 Å². The lowest BCUT2D eigenvalue weighted by Crippen LogP contribution is -2.63. The van der Waals surface area contributed by atoms with Crippen LogP contribution in [0.3, 0.4) is 0 Å². The molecule has 13 nitrogen and oxygen atoms in total. The number of carbonyl (C=O) groups is 4. The third-order valence-corrected chi connectivity index (χ3v) is 7.82. The smallest absolute Gasteiger partial charge is 0.412 e. The van der Waals surface area contributed by atoms with Gasteiger partial charge in [-0.15, -0.1) is 0 Å². The Bertz CT molecular complexity index is 1440. The highest BCUT2D eigenvalue weighted by atomic mass is 16.6. The molecule has 4 atom stereocenters. The van der Waals surface area contributed by atoms with E-state index >= 15 is 0 Å². The summed E-state index contributed by atoms with van der Waals surface area (Å²) in [5.41, 5.74) is 1.21. The minimum absolute atomic E-state index is 0.0305. The van der Waals surface area contributed by atoms with E-state index in [4.69, 9.17) is 10.5 Å². The molecule has 0 radical (unpaired) electrons. The number of anilines is 2. The summed E-state index contributed by atoms with van der Waals surface area (Å²) in [4.78, 5) is 55.3. The van der Waals surface area contributed by atoms with Crippen LogP contribution in [0.1, 0.15) is 43.1 Å². The molecule has 1 aromatic carbocycles. The van der Waals surface area contributed by atoms with Crippen molar-refractivity contribution in [2.45, 2.75) is 50.9 Å². The van der Waals surface area contributed by atoms with Gasteiger partial charge in [0.05, 0.1) is 17.3 Å². The standard InChI is InChI=1S/C28H36N4O9/c1-27(2,3)41-26(39)30-14-10-15(31(4)5)12-8-11-9-13-19(32(6)7)22(35)18(25(29)38)24(37)28(13,40)23(36)16(11)21(34)17(12)20(14)33/h10-11,13,19,33,35-36,40H,8-9H2,1-7H3,(H2,29,38)(H,30,39)/t11-,13-,19+,28+/m1/s1. The Kier molecular flexibility index (Phi) is 7.12. The summed E-state index contributed by atoms with van der Waals surface area (Å²) in [6.45, 7) is 4.99. The van der Waals surface area contributed by atoms with Crippen molar-refractivity contribution in [3.05, 3.63) is 39.9 Å². The number of aliphatic hydroxyl groups excluding tert-OH is 2. The minimum Gasteiger partial charge on any atom is -0.510 e. The Morgan fingerprint density at radius 1 is 1.12 bits per heavy atom. The number of hydrogen-bond acceptors (Lipinski definition) is 11. The Hall–Kier alpha value is -4.10. The van der Waals surface area contributed by atoms with Crippen LogP contribution in [0.2, 0.25) is 0 Å².